The molecule has 0 aliphatic heterocycles. The van der Waals surface area contributed by atoms with Gasteiger partial charge in [-0.25, -0.2) is 4.79 Å². The summed E-state index contributed by atoms with van der Waals surface area (Å²) in [5.74, 6) is -0.293. The van der Waals surface area contributed by atoms with Crippen molar-refractivity contribution in [3.8, 4) is 5.75 Å². The van der Waals surface area contributed by atoms with Gasteiger partial charge in [-0.3, -0.25) is 4.79 Å². The molecule has 0 fully saturated rings. The minimum absolute atomic E-state index is 0.405. The van der Waals surface area contributed by atoms with Crippen LogP contribution >= 0.6 is 0 Å². The van der Waals surface area contributed by atoms with Crippen molar-refractivity contribution in [1.82, 2.24) is 0 Å². The van der Waals surface area contributed by atoms with Gasteiger partial charge in [0.1, 0.15) is 5.75 Å². The molecule has 0 aliphatic rings. The van der Waals surface area contributed by atoms with Gasteiger partial charge in [-0.05, 0) is 53.6 Å². The van der Waals surface area contributed by atoms with Crippen molar-refractivity contribution in [2.24, 2.45) is 0 Å². The molecule has 0 spiro atoms. The standard InChI is InChI=1S/C23H21NO4/c1-16(23(26)24-19-11-13-20(27-2)14-12-19)28-22(25)15-10-18-8-5-7-17-6-3-4-9-21(17)18/h3-16H,1-2H3,(H,24,26). The molecule has 0 saturated carbocycles. The Morgan fingerprint density at radius 2 is 1.68 bits per heavy atom. The van der Waals surface area contributed by atoms with Crippen molar-refractivity contribution in [1.29, 1.82) is 0 Å². The first-order chi connectivity index (χ1) is 13.6. The SMILES string of the molecule is COc1ccc(NC(=O)C(C)OC(=O)C=Cc2cccc3ccccc23)cc1. The number of benzene rings is 3. The second-order valence-electron chi connectivity index (χ2n) is 6.20. The molecular weight excluding hydrogens is 354 g/mol. The van der Waals surface area contributed by atoms with Crippen LogP contribution in [0.2, 0.25) is 0 Å². The molecule has 1 amide bonds. The van der Waals surface area contributed by atoms with E-state index >= 15 is 0 Å². The highest BCUT2D eigenvalue weighted by Crippen LogP contribution is 2.20. The maximum Gasteiger partial charge on any atom is 0.331 e. The maximum atomic E-state index is 12.2. The summed E-state index contributed by atoms with van der Waals surface area (Å²) in [4.78, 5) is 24.3. The summed E-state index contributed by atoms with van der Waals surface area (Å²) in [6.45, 7) is 1.53. The zero-order chi connectivity index (χ0) is 19.9. The quantitative estimate of drug-likeness (QED) is 0.511. The maximum absolute atomic E-state index is 12.2. The van der Waals surface area contributed by atoms with Crippen molar-refractivity contribution in [2.75, 3.05) is 12.4 Å². The Labute approximate surface area is 163 Å². The predicted octanol–water partition coefficient (Wildman–Crippen LogP) is 4.43. The third kappa shape index (κ3) is 4.76. The second kappa shape index (κ2) is 8.86. The molecule has 1 atom stereocenters. The fourth-order valence-corrected chi connectivity index (χ4v) is 2.74. The lowest BCUT2D eigenvalue weighted by Crippen LogP contribution is -2.29. The zero-order valence-corrected chi connectivity index (χ0v) is 15.7. The molecule has 0 aromatic heterocycles. The number of fused-ring (bicyclic) bond motifs is 1. The molecule has 1 unspecified atom stereocenters. The summed E-state index contributed by atoms with van der Waals surface area (Å²) in [7, 11) is 1.57. The fraction of sp³-hybridized carbons (Fsp3) is 0.130. The summed E-state index contributed by atoms with van der Waals surface area (Å²) in [6.07, 6.45) is 2.10. The van der Waals surface area contributed by atoms with E-state index in [1.54, 1.807) is 37.5 Å². The molecule has 142 valence electrons. The van der Waals surface area contributed by atoms with E-state index in [0.717, 1.165) is 16.3 Å². The highest BCUT2D eigenvalue weighted by Gasteiger charge is 2.16. The lowest BCUT2D eigenvalue weighted by Gasteiger charge is -2.12. The number of ether oxygens (including phenoxy) is 2. The number of nitrogens with one attached hydrogen (secondary N) is 1. The van der Waals surface area contributed by atoms with Crippen molar-refractivity contribution < 1.29 is 19.1 Å². The van der Waals surface area contributed by atoms with Gasteiger partial charge in [0.05, 0.1) is 7.11 Å². The van der Waals surface area contributed by atoms with Crippen LogP contribution in [0.3, 0.4) is 0 Å². The molecule has 3 rings (SSSR count). The van der Waals surface area contributed by atoms with Crippen LogP contribution in [0.15, 0.2) is 72.8 Å². The number of hydrogen-bond acceptors (Lipinski definition) is 4. The topological polar surface area (TPSA) is 64.6 Å². The van der Waals surface area contributed by atoms with Gasteiger partial charge >= 0.3 is 5.97 Å². The molecule has 0 saturated heterocycles. The predicted molar refractivity (Wildman–Crippen MR) is 110 cm³/mol. The van der Waals surface area contributed by atoms with Crippen LogP contribution in [-0.4, -0.2) is 25.1 Å². The minimum atomic E-state index is -0.924. The summed E-state index contributed by atoms with van der Waals surface area (Å²) in [5, 5.41) is 4.83. The van der Waals surface area contributed by atoms with Gasteiger partial charge in [-0.2, -0.15) is 0 Å². The molecule has 5 heteroatoms. The van der Waals surface area contributed by atoms with Crippen LogP contribution in [0.1, 0.15) is 12.5 Å². The van der Waals surface area contributed by atoms with Crippen LogP contribution in [0.25, 0.3) is 16.8 Å². The van der Waals surface area contributed by atoms with Gasteiger partial charge in [-0.1, -0.05) is 42.5 Å². The summed E-state index contributed by atoms with van der Waals surface area (Å²) >= 11 is 0. The van der Waals surface area contributed by atoms with E-state index in [1.165, 1.54) is 13.0 Å². The smallest absolute Gasteiger partial charge is 0.331 e. The Bertz CT molecular complexity index is 1000. The number of amides is 1. The zero-order valence-electron chi connectivity index (χ0n) is 15.7. The Hall–Kier alpha value is -3.60. The van der Waals surface area contributed by atoms with E-state index in [-0.39, 0.29) is 0 Å². The van der Waals surface area contributed by atoms with E-state index in [0.29, 0.717) is 11.4 Å². The number of methoxy groups -OCH3 is 1. The largest absolute Gasteiger partial charge is 0.497 e. The number of hydrogen-bond donors (Lipinski definition) is 1. The first-order valence-corrected chi connectivity index (χ1v) is 8.88. The minimum Gasteiger partial charge on any atom is -0.497 e. The van der Waals surface area contributed by atoms with Gasteiger partial charge in [0.15, 0.2) is 6.10 Å². The number of rotatable bonds is 6. The van der Waals surface area contributed by atoms with Crippen LogP contribution < -0.4 is 10.1 Å². The molecule has 3 aromatic rings. The average molecular weight is 375 g/mol. The molecule has 0 heterocycles. The van der Waals surface area contributed by atoms with E-state index in [2.05, 4.69) is 5.32 Å². The summed E-state index contributed by atoms with van der Waals surface area (Å²) < 4.78 is 10.3. The Morgan fingerprint density at radius 3 is 2.43 bits per heavy atom. The van der Waals surface area contributed by atoms with E-state index in [9.17, 15) is 9.59 Å². The lowest BCUT2D eigenvalue weighted by molar-refractivity contribution is -0.148. The van der Waals surface area contributed by atoms with E-state index < -0.39 is 18.0 Å². The van der Waals surface area contributed by atoms with Crippen LogP contribution in [0.5, 0.6) is 5.75 Å². The number of esters is 1. The third-order valence-corrected chi connectivity index (χ3v) is 4.24. The van der Waals surface area contributed by atoms with Crippen molar-refractivity contribution >= 4 is 34.4 Å². The number of carbonyl (C=O) groups is 2. The van der Waals surface area contributed by atoms with E-state index in [4.69, 9.17) is 9.47 Å². The van der Waals surface area contributed by atoms with Crippen LogP contribution in [0, 0.1) is 0 Å². The highest BCUT2D eigenvalue weighted by molar-refractivity contribution is 5.98. The molecule has 1 N–H and O–H groups in total. The highest BCUT2D eigenvalue weighted by atomic mass is 16.5. The van der Waals surface area contributed by atoms with Crippen molar-refractivity contribution in [3.05, 3.63) is 78.4 Å². The number of carbonyl (C=O) groups excluding carboxylic acids is 2. The average Bonchev–Trinajstić information content (AvgIpc) is 2.72. The molecule has 3 aromatic carbocycles. The van der Waals surface area contributed by atoms with E-state index in [1.807, 2.05) is 42.5 Å². The Morgan fingerprint density at radius 1 is 0.964 bits per heavy atom. The van der Waals surface area contributed by atoms with Gasteiger partial charge < -0.3 is 14.8 Å². The molecule has 5 nitrogen and oxygen atoms in total. The van der Waals surface area contributed by atoms with Crippen LogP contribution in [0.4, 0.5) is 5.69 Å². The van der Waals surface area contributed by atoms with Crippen molar-refractivity contribution in [2.45, 2.75) is 13.0 Å². The van der Waals surface area contributed by atoms with Gasteiger partial charge in [0.2, 0.25) is 0 Å². The second-order valence-corrected chi connectivity index (χ2v) is 6.20. The third-order valence-electron chi connectivity index (χ3n) is 4.24. The molecule has 0 aliphatic carbocycles. The van der Waals surface area contributed by atoms with Crippen molar-refractivity contribution in [3.63, 3.8) is 0 Å². The fourth-order valence-electron chi connectivity index (χ4n) is 2.74. The first-order valence-electron chi connectivity index (χ1n) is 8.88. The monoisotopic (exact) mass is 375 g/mol. The lowest BCUT2D eigenvalue weighted by atomic mass is 10.0. The molecule has 0 bridgehead atoms. The van der Waals surface area contributed by atoms with Crippen LogP contribution in [-0.2, 0) is 14.3 Å². The summed E-state index contributed by atoms with van der Waals surface area (Å²) in [5.41, 5.74) is 1.50. The number of anilines is 1. The Balaban J connectivity index is 1.60. The normalized spacial score (nSPS) is 11.9. The molecular formula is C23H21NO4. The van der Waals surface area contributed by atoms with Gasteiger partial charge in [-0.15, -0.1) is 0 Å². The van der Waals surface area contributed by atoms with Gasteiger partial charge in [0, 0.05) is 11.8 Å². The molecule has 0 radical (unpaired) electrons. The Kier molecular flexibility index (Phi) is 6.07. The molecule has 28 heavy (non-hydrogen) atoms. The first kappa shape index (κ1) is 19.2. The van der Waals surface area contributed by atoms with Gasteiger partial charge in [0.25, 0.3) is 5.91 Å². The summed E-state index contributed by atoms with van der Waals surface area (Å²) in [6, 6.07) is 20.7.